The average molecular weight is 331 g/mol. The fourth-order valence-corrected chi connectivity index (χ4v) is 2.96. The zero-order valence-electron chi connectivity index (χ0n) is 16.1. The van der Waals surface area contributed by atoms with E-state index in [1.54, 1.807) is 7.11 Å². The van der Waals surface area contributed by atoms with Gasteiger partial charge in [0, 0.05) is 23.7 Å². The van der Waals surface area contributed by atoms with Crippen molar-refractivity contribution in [2.75, 3.05) is 7.11 Å². The molecule has 0 aliphatic carbocycles. The van der Waals surface area contributed by atoms with Crippen LogP contribution >= 0.6 is 0 Å². The van der Waals surface area contributed by atoms with Crippen molar-refractivity contribution in [1.82, 2.24) is 4.57 Å². The molecule has 2 rings (SSSR count). The number of benzene rings is 1. The molecule has 1 unspecified atom stereocenters. The first-order valence-electron chi connectivity index (χ1n) is 8.37. The van der Waals surface area contributed by atoms with Crippen molar-refractivity contribution in [1.29, 1.82) is 0 Å². The summed E-state index contributed by atoms with van der Waals surface area (Å²) in [6.45, 7) is 13.9. The van der Waals surface area contributed by atoms with Crippen molar-refractivity contribution in [2.45, 2.75) is 65.7 Å². The van der Waals surface area contributed by atoms with Gasteiger partial charge in [0.25, 0.3) is 0 Å². The molecule has 132 valence electrons. The van der Waals surface area contributed by atoms with Crippen LogP contribution in [0.5, 0.6) is 0 Å². The van der Waals surface area contributed by atoms with Crippen LogP contribution in [0.25, 0.3) is 10.9 Å². The van der Waals surface area contributed by atoms with Crippen LogP contribution in [-0.4, -0.2) is 28.8 Å². The van der Waals surface area contributed by atoms with Crippen molar-refractivity contribution in [2.24, 2.45) is 0 Å². The standard InChI is InChI=1S/C20H29NO3/c1-13-17(18(22)24-19(3,4)5)15-11-9-10-12-16(15)21(13)14(2)20(6,7)23-8/h9-12,14H,1-8H3. The van der Waals surface area contributed by atoms with Gasteiger partial charge in [-0.15, -0.1) is 0 Å². The van der Waals surface area contributed by atoms with Gasteiger partial charge >= 0.3 is 5.97 Å². The van der Waals surface area contributed by atoms with E-state index < -0.39 is 5.60 Å². The number of aromatic nitrogens is 1. The molecule has 24 heavy (non-hydrogen) atoms. The van der Waals surface area contributed by atoms with E-state index in [-0.39, 0.29) is 17.6 Å². The number of hydrogen-bond donors (Lipinski definition) is 0. The number of para-hydroxylation sites is 1. The Morgan fingerprint density at radius 1 is 1.12 bits per heavy atom. The Kier molecular flexibility index (Phi) is 4.82. The van der Waals surface area contributed by atoms with Gasteiger partial charge in [0.2, 0.25) is 0 Å². The van der Waals surface area contributed by atoms with Crippen LogP contribution in [0.15, 0.2) is 24.3 Å². The van der Waals surface area contributed by atoms with E-state index >= 15 is 0 Å². The van der Waals surface area contributed by atoms with Gasteiger partial charge in [0.15, 0.2) is 0 Å². The molecule has 0 amide bonds. The van der Waals surface area contributed by atoms with Gasteiger partial charge in [-0.3, -0.25) is 0 Å². The molecule has 0 radical (unpaired) electrons. The van der Waals surface area contributed by atoms with Gasteiger partial charge in [-0.1, -0.05) is 18.2 Å². The maximum Gasteiger partial charge on any atom is 0.341 e. The highest BCUT2D eigenvalue weighted by Crippen LogP contribution is 2.35. The molecule has 4 nitrogen and oxygen atoms in total. The summed E-state index contributed by atoms with van der Waals surface area (Å²) in [4.78, 5) is 12.8. The minimum absolute atomic E-state index is 0.0589. The highest BCUT2D eigenvalue weighted by atomic mass is 16.6. The van der Waals surface area contributed by atoms with E-state index in [1.807, 2.05) is 52.0 Å². The number of ether oxygens (including phenoxy) is 2. The number of methoxy groups -OCH3 is 1. The highest BCUT2D eigenvalue weighted by molar-refractivity contribution is 6.06. The molecule has 0 saturated heterocycles. The average Bonchev–Trinajstić information content (AvgIpc) is 2.76. The second-order valence-electron chi connectivity index (χ2n) is 7.83. The maximum absolute atomic E-state index is 12.8. The largest absolute Gasteiger partial charge is 0.456 e. The van der Waals surface area contributed by atoms with Crippen LogP contribution in [0, 0.1) is 6.92 Å². The summed E-state index contributed by atoms with van der Waals surface area (Å²) in [6.07, 6.45) is 0. The molecule has 4 heteroatoms. The predicted octanol–water partition coefficient (Wildman–Crippen LogP) is 4.89. The topological polar surface area (TPSA) is 40.5 Å². The Morgan fingerprint density at radius 3 is 2.25 bits per heavy atom. The first kappa shape index (κ1) is 18.5. The molecule has 0 fully saturated rings. The zero-order valence-corrected chi connectivity index (χ0v) is 16.1. The van der Waals surface area contributed by atoms with Gasteiger partial charge < -0.3 is 14.0 Å². The van der Waals surface area contributed by atoms with Crippen molar-refractivity contribution >= 4 is 16.9 Å². The third-order valence-corrected chi connectivity index (χ3v) is 4.68. The molecular weight excluding hydrogens is 302 g/mol. The molecule has 1 aromatic heterocycles. The van der Waals surface area contributed by atoms with E-state index in [0.29, 0.717) is 5.56 Å². The third kappa shape index (κ3) is 3.34. The Balaban J connectivity index is 2.67. The second-order valence-corrected chi connectivity index (χ2v) is 7.83. The summed E-state index contributed by atoms with van der Waals surface area (Å²) >= 11 is 0. The lowest BCUT2D eigenvalue weighted by Crippen LogP contribution is -2.34. The Labute approximate surface area is 144 Å². The summed E-state index contributed by atoms with van der Waals surface area (Å²) in [5.74, 6) is -0.280. The maximum atomic E-state index is 12.8. The molecular formula is C20H29NO3. The van der Waals surface area contributed by atoms with E-state index in [0.717, 1.165) is 16.6 Å². The fourth-order valence-electron chi connectivity index (χ4n) is 2.96. The Morgan fingerprint density at radius 2 is 1.71 bits per heavy atom. The minimum atomic E-state index is -0.524. The monoisotopic (exact) mass is 331 g/mol. The number of nitrogens with zero attached hydrogens (tertiary/aromatic N) is 1. The number of esters is 1. The summed E-state index contributed by atoms with van der Waals surface area (Å²) < 4.78 is 13.5. The van der Waals surface area contributed by atoms with Crippen molar-refractivity contribution in [3.05, 3.63) is 35.5 Å². The third-order valence-electron chi connectivity index (χ3n) is 4.68. The number of rotatable bonds is 4. The molecule has 0 bridgehead atoms. The molecule has 0 aliphatic rings. The normalized spacial score (nSPS) is 14.0. The van der Waals surface area contributed by atoms with Crippen LogP contribution in [0.2, 0.25) is 0 Å². The quantitative estimate of drug-likeness (QED) is 0.749. The van der Waals surface area contributed by atoms with Crippen molar-refractivity contribution in [3.63, 3.8) is 0 Å². The molecule has 1 heterocycles. The second kappa shape index (κ2) is 6.25. The smallest absolute Gasteiger partial charge is 0.341 e. The van der Waals surface area contributed by atoms with Gasteiger partial charge in [-0.05, 0) is 54.5 Å². The predicted molar refractivity (Wildman–Crippen MR) is 97.6 cm³/mol. The van der Waals surface area contributed by atoms with E-state index in [4.69, 9.17) is 9.47 Å². The number of hydrogen-bond acceptors (Lipinski definition) is 3. The van der Waals surface area contributed by atoms with Gasteiger partial charge in [-0.25, -0.2) is 4.79 Å². The van der Waals surface area contributed by atoms with E-state index in [1.165, 1.54) is 0 Å². The minimum Gasteiger partial charge on any atom is -0.456 e. The van der Waals surface area contributed by atoms with Gasteiger partial charge in [-0.2, -0.15) is 0 Å². The highest BCUT2D eigenvalue weighted by Gasteiger charge is 2.32. The van der Waals surface area contributed by atoms with Gasteiger partial charge in [0.05, 0.1) is 17.2 Å². The van der Waals surface area contributed by atoms with Crippen molar-refractivity contribution < 1.29 is 14.3 Å². The molecule has 2 aromatic rings. The number of carbonyl (C=O) groups is 1. The van der Waals surface area contributed by atoms with Crippen LogP contribution in [0.4, 0.5) is 0 Å². The SMILES string of the molecule is COC(C)(C)C(C)n1c(C)c(C(=O)OC(C)(C)C)c2ccccc21. The summed E-state index contributed by atoms with van der Waals surface area (Å²) in [5.41, 5.74) is 1.68. The number of fused-ring (bicyclic) bond motifs is 1. The summed E-state index contributed by atoms with van der Waals surface area (Å²) in [6, 6.07) is 8.02. The molecule has 0 spiro atoms. The van der Waals surface area contributed by atoms with Crippen LogP contribution in [-0.2, 0) is 9.47 Å². The summed E-state index contributed by atoms with van der Waals surface area (Å²) in [5, 5.41) is 0.919. The Hall–Kier alpha value is -1.81. The summed E-state index contributed by atoms with van der Waals surface area (Å²) in [7, 11) is 1.71. The van der Waals surface area contributed by atoms with Crippen molar-refractivity contribution in [3.8, 4) is 0 Å². The van der Waals surface area contributed by atoms with Crippen LogP contribution in [0.1, 0.15) is 63.6 Å². The molecule has 0 saturated carbocycles. The van der Waals surface area contributed by atoms with Crippen LogP contribution in [0.3, 0.4) is 0 Å². The molecule has 0 aliphatic heterocycles. The fraction of sp³-hybridized carbons (Fsp3) is 0.550. The van der Waals surface area contributed by atoms with Crippen LogP contribution < -0.4 is 0 Å². The first-order chi connectivity index (χ1) is 11.0. The van der Waals surface area contributed by atoms with Gasteiger partial charge in [0.1, 0.15) is 5.60 Å². The first-order valence-corrected chi connectivity index (χ1v) is 8.37. The Bertz CT molecular complexity index is 750. The molecule has 0 N–H and O–H groups in total. The lowest BCUT2D eigenvalue weighted by Gasteiger charge is -2.33. The molecule has 1 atom stereocenters. The van der Waals surface area contributed by atoms with E-state index in [2.05, 4.69) is 25.3 Å². The zero-order chi connectivity index (χ0) is 18.3. The lowest BCUT2D eigenvalue weighted by atomic mass is 9.99. The molecule has 1 aromatic carbocycles. The van der Waals surface area contributed by atoms with E-state index in [9.17, 15) is 4.79 Å². The number of carbonyl (C=O) groups excluding carboxylic acids is 1. The lowest BCUT2D eigenvalue weighted by molar-refractivity contribution is -0.0160.